The SMILES string of the molecule is C[C@H]1NC(=S)N(CC(=O)NC2CCCCC2)C1=O. The van der Waals surface area contributed by atoms with E-state index in [0.717, 1.165) is 12.8 Å². The lowest BCUT2D eigenvalue weighted by atomic mass is 9.95. The van der Waals surface area contributed by atoms with Crippen molar-refractivity contribution in [1.29, 1.82) is 0 Å². The van der Waals surface area contributed by atoms with Gasteiger partial charge in [0.05, 0.1) is 0 Å². The molecule has 2 amide bonds. The molecule has 1 saturated heterocycles. The molecule has 100 valence electrons. The van der Waals surface area contributed by atoms with Crippen LogP contribution in [0.4, 0.5) is 0 Å². The molecular weight excluding hydrogens is 250 g/mol. The molecule has 0 aromatic heterocycles. The highest BCUT2D eigenvalue weighted by Crippen LogP contribution is 2.17. The normalized spacial score (nSPS) is 25.2. The summed E-state index contributed by atoms with van der Waals surface area (Å²) in [6.07, 6.45) is 5.68. The molecule has 18 heavy (non-hydrogen) atoms. The van der Waals surface area contributed by atoms with Crippen molar-refractivity contribution in [2.45, 2.75) is 51.1 Å². The predicted molar refractivity (Wildman–Crippen MR) is 71.9 cm³/mol. The van der Waals surface area contributed by atoms with E-state index in [2.05, 4.69) is 10.6 Å². The molecule has 2 rings (SSSR count). The number of rotatable bonds is 3. The molecule has 0 bridgehead atoms. The second kappa shape index (κ2) is 5.65. The molecule has 0 unspecified atom stereocenters. The van der Waals surface area contributed by atoms with Crippen molar-refractivity contribution in [3.05, 3.63) is 0 Å². The van der Waals surface area contributed by atoms with Crippen LogP contribution >= 0.6 is 12.2 Å². The van der Waals surface area contributed by atoms with Crippen LogP contribution < -0.4 is 10.6 Å². The van der Waals surface area contributed by atoms with Crippen molar-refractivity contribution in [2.75, 3.05) is 6.54 Å². The van der Waals surface area contributed by atoms with Crippen molar-refractivity contribution < 1.29 is 9.59 Å². The molecule has 0 aromatic carbocycles. The van der Waals surface area contributed by atoms with Crippen molar-refractivity contribution in [1.82, 2.24) is 15.5 Å². The minimum Gasteiger partial charge on any atom is -0.352 e. The summed E-state index contributed by atoms with van der Waals surface area (Å²) in [6, 6.07) is -0.0529. The quantitative estimate of drug-likeness (QED) is 0.734. The van der Waals surface area contributed by atoms with Crippen LogP contribution in [0, 0.1) is 0 Å². The standard InChI is InChI=1S/C12H19N3O2S/c1-8-11(17)15(12(18)13-8)7-10(16)14-9-5-3-2-4-6-9/h8-9H,2-7H2,1H3,(H,13,18)(H,14,16)/t8-/m1/s1. The average Bonchev–Trinajstić information content (AvgIpc) is 2.57. The predicted octanol–water partition coefficient (Wildman–Crippen LogP) is 0.540. The molecule has 6 heteroatoms. The van der Waals surface area contributed by atoms with E-state index < -0.39 is 0 Å². The van der Waals surface area contributed by atoms with E-state index in [0.29, 0.717) is 5.11 Å². The lowest BCUT2D eigenvalue weighted by Crippen LogP contribution is -2.45. The summed E-state index contributed by atoms with van der Waals surface area (Å²) in [5, 5.41) is 6.19. The number of hydrogen-bond acceptors (Lipinski definition) is 3. The van der Waals surface area contributed by atoms with Crippen LogP contribution in [0.3, 0.4) is 0 Å². The van der Waals surface area contributed by atoms with Gasteiger partial charge in [0.2, 0.25) is 5.91 Å². The summed E-state index contributed by atoms with van der Waals surface area (Å²) in [5.41, 5.74) is 0. The molecule has 2 aliphatic rings. The first-order chi connectivity index (χ1) is 8.58. The van der Waals surface area contributed by atoms with E-state index in [1.54, 1.807) is 6.92 Å². The number of thiocarbonyl (C=S) groups is 1. The first-order valence-electron chi connectivity index (χ1n) is 6.49. The van der Waals surface area contributed by atoms with Gasteiger partial charge >= 0.3 is 0 Å². The zero-order valence-corrected chi connectivity index (χ0v) is 11.4. The molecule has 1 heterocycles. The third-order valence-corrected chi connectivity index (χ3v) is 3.83. The summed E-state index contributed by atoms with van der Waals surface area (Å²) in [4.78, 5) is 25.0. The Morgan fingerprint density at radius 2 is 2.11 bits per heavy atom. The van der Waals surface area contributed by atoms with Gasteiger partial charge in [-0.1, -0.05) is 19.3 Å². The highest BCUT2D eigenvalue weighted by Gasteiger charge is 2.33. The van der Waals surface area contributed by atoms with Crippen molar-refractivity contribution in [3.63, 3.8) is 0 Å². The topological polar surface area (TPSA) is 61.4 Å². The van der Waals surface area contributed by atoms with E-state index in [9.17, 15) is 9.59 Å². The van der Waals surface area contributed by atoms with Gasteiger partial charge in [-0.3, -0.25) is 14.5 Å². The van der Waals surface area contributed by atoms with Gasteiger partial charge in [-0.05, 0) is 32.0 Å². The van der Waals surface area contributed by atoms with Gasteiger partial charge in [-0.25, -0.2) is 0 Å². The fourth-order valence-corrected chi connectivity index (χ4v) is 2.80. The Morgan fingerprint density at radius 1 is 1.44 bits per heavy atom. The minimum atomic E-state index is -0.319. The van der Waals surface area contributed by atoms with Crippen LogP contribution in [0.1, 0.15) is 39.0 Å². The van der Waals surface area contributed by atoms with Gasteiger partial charge < -0.3 is 10.6 Å². The van der Waals surface area contributed by atoms with Gasteiger partial charge in [0, 0.05) is 6.04 Å². The fraction of sp³-hybridized carbons (Fsp3) is 0.750. The first-order valence-corrected chi connectivity index (χ1v) is 6.90. The molecule has 0 radical (unpaired) electrons. The van der Waals surface area contributed by atoms with E-state index in [4.69, 9.17) is 12.2 Å². The molecule has 0 spiro atoms. The van der Waals surface area contributed by atoms with Crippen LogP contribution in [0.2, 0.25) is 0 Å². The van der Waals surface area contributed by atoms with Crippen LogP contribution in [0.25, 0.3) is 0 Å². The zero-order chi connectivity index (χ0) is 13.1. The molecule has 0 aromatic rings. The second-order valence-corrected chi connectivity index (χ2v) is 5.38. The monoisotopic (exact) mass is 269 g/mol. The van der Waals surface area contributed by atoms with Crippen molar-refractivity contribution >= 4 is 29.1 Å². The Hall–Kier alpha value is -1.17. The third kappa shape index (κ3) is 2.98. The summed E-state index contributed by atoms with van der Waals surface area (Å²) in [7, 11) is 0. The van der Waals surface area contributed by atoms with Gasteiger partial charge in [-0.15, -0.1) is 0 Å². The van der Waals surface area contributed by atoms with E-state index in [1.807, 2.05) is 0 Å². The van der Waals surface area contributed by atoms with Gasteiger partial charge in [0.15, 0.2) is 5.11 Å². The number of carbonyl (C=O) groups is 2. The molecule has 1 aliphatic heterocycles. The number of hydrogen-bond donors (Lipinski definition) is 2. The number of nitrogens with one attached hydrogen (secondary N) is 2. The maximum absolute atomic E-state index is 11.9. The average molecular weight is 269 g/mol. The fourth-order valence-electron chi connectivity index (χ4n) is 2.47. The third-order valence-electron chi connectivity index (χ3n) is 3.49. The molecule has 5 nitrogen and oxygen atoms in total. The van der Waals surface area contributed by atoms with Gasteiger partial charge in [0.25, 0.3) is 5.91 Å². The molecule has 2 fully saturated rings. The number of carbonyl (C=O) groups excluding carboxylic acids is 2. The largest absolute Gasteiger partial charge is 0.352 e. The Balaban J connectivity index is 1.83. The van der Waals surface area contributed by atoms with E-state index in [-0.39, 0.29) is 30.4 Å². The molecule has 2 N–H and O–H groups in total. The molecular formula is C12H19N3O2S. The van der Waals surface area contributed by atoms with Crippen molar-refractivity contribution in [2.24, 2.45) is 0 Å². The van der Waals surface area contributed by atoms with Crippen LogP contribution in [-0.4, -0.2) is 40.5 Å². The summed E-state index contributed by atoms with van der Waals surface area (Å²) in [6.45, 7) is 1.78. The lowest BCUT2D eigenvalue weighted by molar-refractivity contribution is -0.131. The summed E-state index contributed by atoms with van der Waals surface area (Å²) in [5.74, 6) is -0.243. The van der Waals surface area contributed by atoms with E-state index >= 15 is 0 Å². The Morgan fingerprint density at radius 3 is 2.67 bits per heavy atom. The first kappa shape index (κ1) is 13.3. The summed E-state index contributed by atoms with van der Waals surface area (Å²) >= 11 is 5.03. The minimum absolute atomic E-state index is 0.0332. The lowest BCUT2D eigenvalue weighted by Gasteiger charge is -2.24. The Labute approximate surface area is 112 Å². The zero-order valence-electron chi connectivity index (χ0n) is 10.6. The Kier molecular flexibility index (Phi) is 4.16. The van der Waals surface area contributed by atoms with Gasteiger partial charge in [-0.2, -0.15) is 0 Å². The highest BCUT2D eigenvalue weighted by atomic mass is 32.1. The van der Waals surface area contributed by atoms with Crippen LogP contribution in [-0.2, 0) is 9.59 Å². The molecule has 1 aliphatic carbocycles. The van der Waals surface area contributed by atoms with Crippen LogP contribution in [0.15, 0.2) is 0 Å². The van der Waals surface area contributed by atoms with Crippen molar-refractivity contribution in [3.8, 4) is 0 Å². The van der Waals surface area contributed by atoms with Crippen LogP contribution in [0.5, 0.6) is 0 Å². The smallest absolute Gasteiger partial charge is 0.251 e. The maximum atomic E-state index is 11.9. The molecule has 1 saturated carbocycles. The molecule has 1 atom stereocenters. The maximum Gasteiger partial charge on any atom is 0.251 e. The number of amides is 2. The Bertz CT molecular complexity index is 366. The van der Waals surface area contributed by atoms with Gasteiger partial charge in [0.1, 0.15) is 12.6 Å². The second-order valence-electron chi connectivity index (χ2n) is 5.00. The highest BCUT2D eigenvalue weighted by molar-refractivity contribution is 7.80. The number of nitrogens with zero attached hydrogens (tertiary/aromatic N) is 1. The van der Waals surface area contributed by atoms with E-state index in [1.165, 1.54) is 24.2 Å². The summed E-state index contributed by atoms with van der Waals surface area (Å²) < 4.78 is 0.